The molecule has 7 heteroatoms. The van der Waals surface area contributed by atoms with Gasteiger partial charge >= 0.3 is 0 Å². The lowest BCUT2D eigenvalue weighted by molar-refractivity contribution is -0.138. The number of imide groups is 1. The van der Waals surface area contributed by atoms with E-state index in [4.69, 9.17) is 9.47 Å². The van der Waals surface area contributed by atoms with Crippen LogP contribution in [0.4, 0.5) is 4.39 Å². The average molecular weight is 420 g/mol. The molecule has 0 N–H and O–H groups in total. The van der Waals surface area contributed by atoms with E-state index in [1.54, 1.807) is 43.3 Å². The van der Waals surface area contributed by atoms with Crippen LogP contribution >= 0.6 is 0 Å². The Labute approximate surface area is 179 Å². The molecule has 0 aromatic heterocycles. The van der Waals surface area contributed by atoms with Crippen LogP contribution in [0, 0.1) is 17.1 Å². The van der Waals surface area contributed by atoms with Crippen LogP contribution in [0.15, 0.2) is 59.2 Å². The summed E-state index contributed by atoms with van der Waals surface area (Å²) in [6, 6.07) is 13.1. The Morgan fingerprint density at radius 1 is 1.06 bits per heavy atom. The lowest BCUT2D eigenvalue weighted by Gasteiger charge is -2.23. The van der Waals surface area contributed by atoms with E-state index < -0.39 is 11.8 Å². The highest BCUT2D eigenvalue weighted by Crippen LogP contribution is 2.32. The zero-order valence-corrected chi connectivity index (χ0v) is 17.4. The molecule has 1 heterocycles. The third kappa shape index (κ3) is 4.64. The molecule has 0 unspecified atom stereocenters. The van der Waals surface area contributed by atoms with Crippen LogP contribution in [0.2, 0.25) is 0 Å². The zero-order valence-electron chi connectivity index (χ0n) is 17.4. The maximum Gasteiger partial charge on any atom is 0.271 e. The highest BCUT2D eigenvalue weighted by Gasteiger charge is 2.32. The number of ether oxygens (including phenoxy) is 2. The summed E-state index contributed by atoms with van der Waals surface area (Å²) in [7, 11) is 1.35. The number of likely N-dealkylation sites (N-methyl/N-ethyl adjacent to an activating group) is 1. The molecule has 0 radical (unpaired) electrons. The summed E-state index contributed by atoms with van der Waals surface area (Å²) in [5.74, 6) is -0.420. The maximum atomic E-state index is 13.1. The van der Waals surface area contributed by atoms with Crippen molar-refractivity contribution >= 4 is 17.9 Å². The molecule has 0 bridgehead atoms. The van der Waals surface area contributed by atoms with Gasteiger partial charge in [-0.15, -0.1) is 0 Å². The van der Waals surface area contributed by atoms with E-state index in [9.17, 15) is 19.2 Å². The van der Waals surface area contributed by atoms with Crippen molar-refractivity contribution in [3.05, 3.63) is 76.1 Å². The molecule has 31 heavy (non-hydrogen) atoms. The SMILES string of the molecule is CCOc1cc(/C=C2/C(=O)N(C)C(=O)C(C#N)=C2C)ccc1OCc1ccc(F)cc1. The van der Waals surface area contributed by atoms with Crippen molar-refractivity contribution in [1.82, 2.24) is 4.90 Å². The first-order chi connectivity index (χ1) is 14.8. The third-order valence-corrected chi connectivity index (χ3v) is 4.83. The molecular formula is C24H21FN2O4. The molecule has 0 saturated carbocycles. The van der Waals surface area contributed by atoms with Gasteiger partial charge in [0.05, 0.1) is 6.61 Å². The molecule has 0 aliphatic carbocycles. The van der Waals surface area contributed by atoms with E-state index in [0.717, 1.165) is 10.5 Å². The maximum absolute atomic E-state index is 13.1. The molecule has 1 aliphatic rings. The predicted molar refractivity (Wildman–Crippen MR) is 112 cm³/mol. The van der Waals surface area contributed by atoms with E-state index >= 15 is 0 Å². The molecule has 2 aromatic rings. The van der Waals surface area contributed by atoms with E-state index in [0.29, 0.717) is 29.2 Å². The largest absolute Gasteiger partial charge is 0.490 e. The number of halogens is 1. The fraction of sp³-hybridized carbons (Fsp3) is 0.208. The second-order valence-electron chi connectivity index (χ2n) is 6.89. The van der Waals surface area contributed by atoms with Crippen LogP contribution in [-0.4, -0.2) is 30.4 Å². The van der Waals surface area contributed by atoms with E-state index in [2.05, 4.69) is 0 Å². The van der Waals surface area contributed by atoms with E-state index in [1.165, 1.54) is 19.2 Å². The van der Waals surface area contributed by atoms with Crippen LogP contribution in [0.25, 0.3) is 6.08 Å². The standard InChI is InChI=1S/C24H21FN2O4/c1-4-30-22-12-17(7-10-21(22)31-14-16-5-8-18(25)9-6-16)11-19-15(2)20(13-26)24(29)27(3)23(19)28/h5-12H,4,14H2,1-3H3/b19-11+. The summed E-state index contributed by atoms with van der Waals surface area (Å²) in [6.45, 7) is 4.06. The Balaban J connectivity index is 1.92. The second kappa shape index (κ2) is 9.26. The average Bonchev–Trinajstić information content (AvgIpc) is 2.76. The van der Waals surface area contributed by atoms with E-state index in [1.807, 2.05) is 13.0 Å². The number of carbonyl (C=O) groups excluding carboxylic acids is 2. The van der Waals surface area contributed by atoms with Crippen molar-refractivity contribution in [2.24, 2.45) is 0 Å². The minimum Gasteiger partial charge on any atom is -0.490 e. The monoisotopic (exact) mass is 420 g/mol. The van der Waals surface area contributed by atoms with Crippen molar-refractivity contribution in [1.29, 1.82) is 5.26 Å². The van der Waals surface area contributed by atoms with Gasteiger partial charge in [-0.3, -0.25) is 14.5 Å². The molecule has 6 nitrogen and oxygen atoms in total. The van der Waals surface area contributed by atoms with Gasteiger partial charge in [-0.1, -0.05) is 18.2 Å². The molecule has 2 amide bonds. The van der Waals surface area contributed by atoms with Crippen LogP contribution in [0.1, 0.15) is 25.0 Å². The predicted octanol–water partition coefficient (Wildman–Crippen LogP) is 4.03. The van der Waals surface area contributed by atoms with Gasteiger partial charge in [0, 0.05) is 12.6 Å². The minimum atomic E-state index is -0.610. The van der Waals surface area contributed by atoms with Crippen LogP contribution in [-0.2, 0) is 16.2 Å². The second-order valence-corrected chi connectivity index (χ2v) is 6.89. The van der Waals surface area contributed by atoms with Gasteiger partial charge in [0.2, 0.25) is 0 Å². The van der Waals surface area contributed by atoms with Gasteiger partial charge in [0.25, 0.3) is 11.8 Å². The van der Waals surface area contributed by atoms with Crippen LogP contribution in [0.5, 0.6) is 11.5 Å². The Morgan fingerprint density at radius 3 is 2.42 bits per heavy atom. The van der Waals surface area contributed by atoms with Gasteiger partial charge in [-0.25, -0.2) is 4.39 Å². The molecule has 158 valence electrons. The first-order valence-corrected chi connectivity index (χ1v) is 9.65. The molecule has 0 saturated heterocycles. The highest BCUT2D eigenvalue weighted by molar-refractivity contribution is 6.19. The Bertz CT molecular complexity index is 1130. The van der Waals surface area contributed by atoms with Gasteiger partial charge in [-0.05, 0) is 60.9 Å². The third-order valence-electron chi connectivity index (χ3n) is 4.83. The normalized spacial score (nSPS) is 15.3. The number of hydrogen-bond donors (Lipinski definition) is 0. The zero-order chi connectivity index (χ0) is 22.5. The smallest absolute Gasteiger partial charge is 0.271 e. The lowest BCUT2D eigenvalue weighted by atomic mass is 9.94. The summed E-state index contributed by atoms with van der Waals surface area (Å²) in [5, 5.41) is 9.29. The number of carbonyl (C=O) groups is 2. The first-order valence-electron chi connectivity index (χ1n) is 9.65. The minimum absolute atomic E-state index is 0.0577. The van der Waals surface area contributed by atoms with Crippen molar-refractivity contribution in [3.8, 4) is 17.6 Å². The summed E-state index contributed by atoms with van der Waals surface area (Å²) < 4.78 is 24.6. The Kier molecular flexibility index (Phi) is 6.51. The summed E-state index contributed by atoms with van der Waals surface area (Å²) in [6.07, 6.45) is 1.62. The Hall–Kier alpha value is -3.92. The first kappa shape index (κ1) is 21.8. The molecule has 0 spiro atoms. The fourth-order valence-corrected chi connectivity index (χ4v) is 3.11. The molecule has 1 aliphatic heterocycles. The van der Waals surface area contributed by atoms with E-state index in [-0.39, 0.29) is 23.6 Å². The number of benzene rings is 2. The molecule has 3 rings (SSSR count). The summed E-state index contributed by atoms with van der Waals surface area (Å²) >= 11 is 0. The number of hydrogen-bond acceptors (Lipinski definition) is 5. The molecule has 2 aromatic carbocycles. The van der Waals surface area contributed by atoms with Crippen molar-refractivity contribution in [2.45, 2.75) is 20.5 Å². The topological polar surface area (TPSA) is 79.6 Å². The van der Waals surface area contributed by atoms with Crippen LogP contribution < -0.4 is 9.47 Å². The van der Waals surface area contributed by atoms with Gasteiger partial charge in [0.15, 0.2) is 11.5 Å². The van der Waals surface area contributed by atoms with Crippen molar-refractivity contribution < 1.29 is 23.5 Å². The van der Waals surface area contributed by atoms with Gasteiger partial charge in [0.1, 0.15) is 24.1 Å². The van der Waals surface area contributed by atoms with Gasteiger partial charge < -0.3 is 9.47 Å². The Morgan fingerprint density at radius 2 is 1.77 bits per heavy atom. The number of rotatable bonds is 6. The molecular weight excluding hydrogens is 399 g/mol. The van der Waals surface area contributed by atoms with Gasteiger partial charge in [-0.2, -0.15) is 5.26 Å². The van der Waals surface area contributed by atoms with Crippen molar-refractivity contribution in [2.75, 3.05) is 13.7 Å². The molecule has 0 atom stereocenters. The van der Waals surface area contributed by atoms with Crippen LogP contribution in [0.3, 0.4) is 0 Å². The van der Waals surface area contributed by atoms with Crippen molar-refractivity contribution in [3.63, 3.8) is 0 Å². The summed E-state index contributed by atoms with van der Waals surface area (Å²) in [5.41, 5.74) is 2.00. The lowest BCUT2D eigenvalue weighted by Crippen LogP contribution is -2.39. The fourth-order valence-electron chi connectivity index (χ4n) is 3.11. The molecule has 0 fully saturated rings. The quantitative estimate of drug-likeness (QED) is 0.521. The number of nitrogens with zero attached hydrogens (tertiary/aromatic N) is 2. The summed E-state index contributed by atoms with van der Waals surface area (Å²) in [4.78, 5) is 25.6. The number of amides is 2. The highest BCUT2D eigenvalue weighted by atomic mass is 19.1. The number of nitriles is 1.